The number of carbonyl (C=O) groups is 1. The SMILES string of the molecule is COC(=O)CNC(C)c1ccc2[nH]c(=O)[nH]c2c1. The van der Waals surface area contributed by atoms with Gasteiger partial charge in [0.25, 0.3) is 0 Å². The van der Waals surface area contributed by atoms with Crippen molar-refractivity contribution in [1.29, 1.82) is 0 Å². The molecule has 0 aliphatic rings. The van der Waals surface area contributed by atoms with Crippen LogP contribution in [0, 0.1) is 0 Å². The van der Waals surface area contributed by atoms with Crippen LogP contribution in [0.4, 0.5) is 0 Å². The van der Waals surface area contributed by atoms with Crippen LogP contribution in [0.25, 0.3) is 11.0 Å². The number of hydrogen-bond acceptors (Lipinski definition) is 4. The lowest BCUT2D eigenvalue weighted by molar-refractivity contribution is -0.139. The van der Waals surface area contributed by atoms with E-state index >= 15 is 0 Å². The smallest absolute Gasteiger partial charge is 0.323 e. The molecule has 0 amide bonds. The first-order chi connectivity index (χ1) is 8.60. The molecule has 0 aliphatic heterocycles. The fourth-order valence-electron chi connectivity index (χ4n) is 1.75. The van der Waals surface area contributed by atoms with Gasteiger partial charge in [-0.05, 0) is 24.6 Å². The van der Waals surface area contributed by atoms with E-state index in [-0.39, 0.29) is 24.2 Å². The van der Waals surface area contributed by atoms with Crippen molar-refractivity contribution >= 4 is 17.0 Å². The first-order valence-electron chi connectivity index (χ1n) is 5.62. The molecule has 0 radical (unpaired) electrons. The minimum atomic E-state index is -0.307. The molecule has 0 fully saturated rings. The molecule has 0 bridgehead atoms. The second-order valence-electron chi connectivity index (χ2n) is 4.06. The van der Waals surface area contributed by atoms with Crippen LogP contribution >= 0.6 is 0 Å². The molecule has 18 heavy (non-hydrogen) atoms. The number of rotatable bonds is 4. The van der Waals surface area contributed by atoms with E-state index in [0.29, 0.717) is 0 Å². The molecule has 2 aromatic rings. The van der Waals surface area contributed by atoms with Crippen LogP contribution in [0.15, 0.2) is 23.0 Å². The molecule has 1 heterocycles. The van der Waals surface area contributed by atoms with Gasteiger partial charge in [0.1, 0.15) is 0 Å². The van der Waals surface area contributed by atoms with Crippen molar-refractivity contribution in [1.82, 2.24) is 15.3 Å². The van der Waals surface area contributed by atoms with Crippen LogP contribution in [0.2, 0.25) is 0 Å². The summed E-state index contributed by atoms with van der Waals surface area (Å²) in [4.78, 5) is 27.5. The highest BCUT2D eigenvalue weighted by molar-refractivity contribution is 5.75. The van der Waals surface area contributed by atoms with Crippen molar-refractivity contribution in [2.75, 3.05) is 13.7 Å². The second kappa shape index (κ2) is 5.05. The van der Waals surface area contributed by atoms with Gasteiger partial charge in [-0.25, -0.2) is 4.79 Å². The normalized spacial score (nSPS) is 12.6. The number of H-pyrrole nitrogens is 2. The highest BCUT2D eigenvalue weighted by Crippen LogP contribution is 2.16. The van der Waals surface area contributed by atoms with Crippen LogP contribution < -0.4 is 11.0 Å². The van der Waals surface area contributed by atoms with Gasteiger partial charge in [0.05, 0.1) is 24.7 Å². The number of nitrogens with one attached hydrogen (secondary N) is 3. The van der Waals surface area contributed by atoms with Crippen LogP contribution in [0.3, 0.4) is 0 Å². The third kappa shape index (κ3) is 2.60. The number of esters is 1. The maximum Gasteiger partial charge on any atom is 0.323 e. The Bertz CT molecular complexity index is 614. The van der Waals surface area contributed by atoms with Gasteiger partial charge in [-0.3, -0.25) is 4.79 Å². The van der Waals surface area contributed by atoms with Crippen molar-refractivity contribution in [2.24, 2.45) is 0 Å². The number of imidazole rings is 1. The molecule has 6 nitrogen and oxygen atoms in total. The Labute approximate surface area is 103 Å². The number of methoxy groups -OCH3 is 1. The van der Waals surface area contributed by atoms with Crippen LogP contribution in [-0.4, -0.2) is 29.6 Å². The molecule has 2 rings (SSSR count). The van der Waals surface area contributed by atoms with Crippen LogP contribution in [0.5, 0.6) is 0 Å². The Morgan fingerprint density at radius 2 is 2.11 bits per heavy atom. The van der Waals surface area contributed by atoms with Gasteiger partial charge in [-0.15, -0.1) is 0 Å². The Hall–Kier alpha value is -2.08. The first-order valence-corrected chi connectivity index (χ1v) is 5.62. The van der Waals surface area contributed by atoms with Crippen molar-refractivity contribution in [3.63, 3.8) is 0 Å². The van der Waals surface area contributed by atoms with E-state index < -0.39 is 0 Å². The Morgan fingerprint density at radius 1 is 1.39 bits per heavy atom. The number of aromatic nitrogens is 2. The zero-order valence-electron chi connectivity index (χ0n) is 10.2. The summed E-state index contributed by atoms with van der Waals surface area (Å²) in [5.74, 6) is -0.307. The summed E-state index contributed by atoms with van der Waals surface area (Å²) in [5.41, 5.74) is 2.28. The largest absolute Gasteiger partial charge is 0.468 e. The van der Waals surface area contributed by atoms with E-state index in [4.69, 9.17) is 0 Å². The zero-order chi connectivity index (χ0) is 13.1. The van der Waals surface area contributed by atoms with E-state index in [2.05, 4.69) is 20.0 Å². The maximum absolute atomic E-state index is 11.1. The minimum Gasteiger partial charge on any atom is -0.468 e. The van der Waals surface area contributed by atoms with Crippen molar-refractivity contribution in [2.45, 2.75) is 13.0 Å². The fourth-order valence-corrected chi connectivity index (χ4v) is 1.75. The lowest BCUT2D eigenvalue weighted by Crippen LogP contribution is -2.26. The molecule has 1 aromatic carbocycles. The molecular weight excluding hydrogens is 234 g/mol. The van der Waals surface area contributed by atoms with Gasteiger partial charge >= 0.3 is 11.7 Å². The van der Waals surface area contributed by atoms with Crippen molar-refractivity contribution in [3.05, 3.63) is 34.2 Å². The van der Waals surface area contributed by atoms with Crippen LogP contribution in [-0.2, 0) is 9.53 Å². The van der Waals surface area contributed by atoms with E-state index in [0.717, 1.165) is 16.6 Å². The third-order valence-electron chi connectivity index (χ3n) is 2.82. The lowest BCUT2D eigenvalue weighted by Gasteiger charge is -2.13. The number of aromatic amines is 2. The van der Waals surface area contributed by atoms with E-state index in [1.165, 1.54) is 7.11 Å². The van der Waals surface area contributed by atoms with E-state index in [9.17, 15) is 9.59 Å². The topological polar surface area (TPSA) is 87.0 Å². The average molecular weight is 249 g/mol. The quantitative estimate of drug-likeness (QED) is 0.695. The molecule has 96 valence electrons. The minimum absolute atomic E-state index is 0.00750. The first kappa shape index (κ1) is 12.4. The number of benzene rings is 1. The summed E-state index contributed by atoms with van der Waals surface area (Å²) in [6.45, 7) is 2.09. The standard InChI is InChI=1S/C12H15N3O3/c1-7(13-6-11(16)18-2)8-3-4-9-10(5-8)15-12(17)14-9/h3-5,7,13H,6H2,1-2H3,(H2,14,15,17). The number of carbonyl (C=O) groups excluding carboxylic acids is 1. The molecule has 1 unspecified atom stereocenters. The number of fused-ring (bicyclic) bond motifs is 1. The zero-order valence-corrected chi connectivity index (χ0v) is 10.2. The molecule has 1 atom stereocenters. The van der Waals surface area contributed by atoms with Crippen molar-refractivity contribution in [3.8, 4) is 0 Å². The van der Waals surface area contributed by atoms with Gasteiger partial charge in [0.15, 0.2) is 0 Å². The summed E-state index contributed by atoms with van der Waals surface area (Å²) in [6.07, 6.45) is 0. The summed E-state index contributed by atoms with van der Waals surface area (Å²) in [6, 6.07) is 5.61. The summed E-state index contributed by atoms with van der Waals surface area (Å²) in [5, 5.41) is 3.04. The second-order valence-corrected chi connectivity index (χ2v) is 4.06. The highest BCUT2D eigenvalue weighted by Gasteiger charge is 2.09. The Morgan fingerprint density at radius 3 is 2.83 bits per heavy atom. The fraction of sp³-hybridized carbons (Fsp3) is 0.333. The Kier molecular flexibility index (Phi) is 3.47. The van der Waals surface area contributed by atoms with Gasteiger partial charge in [0, 0.05) is 6.04 Å². The van der Waals surface area contributed by atoms with E-state index in [1.54, 1.807) is 0 Å². The molecule has 0 saturated heterocycles. The average Bonchev–Trinajstić information content (AvgIpc) is 2.74. The van der Waals surface area contributed by atoms with Crippen molar-refractivity contribution < 1.29 is 9.53 Å². The Balaban J connectivity index is 2.14. The number of ether oxygens (including phenoxy) is 1. The molecule has 0 spiro atoms. The molecular formula is C12H15N3O3. The lowest BCUT2D eigenvalue weighted by atomic mass is 10.1. The molecule has 0 aliphatic carbocycles. The van der Waals surface area contributed by atoms with Gasteiger partial charge < -0.3 is 20.0 Å². The number of hydrogen-bond donors (Lipinski definition) is 3. The van der Waals surface area contributed by atoms with Gasteiger partial charge in [-0.2, -0.15) is 0 Å². The monoisotopic (exact) mass is 249 g/mol. The molecule has 1 aromatic heterocycles. The van der Waals surface area contributed by atoms with Gasteiger partial charge in [-0.1, -0.05) is 6.07 Å². The van der Waals surface area contributed by atoms with Crippen LogP contribution in [0.1, 0.15) is 18.5 Å². The predicted molar refractivity (Wildman–Crippen MR) is 67.4 cm³/mol. The summed E-state index contributed by atoms with van der Waals surface area (Å²) < 4.78 is 4.56. The maximum atomic E-state index is 11.1. The van der Waals surface area contributed by atoms with E-state index in [1.807, 2.05) is 25.1 Å². The summed E-state index contributed by atoms with van der Waals surface area (Å²) in [7, 11) is 1.35. The highest BCUT2D eigenvalue weighted by atomic mass is 16.5. The third-order valence-corrected chi connectivity index (χ3v) is 2.82. The summed E-state index contributed by atoms with van der Waals surface area (Å²) >= 11 is 0. The molecule has 0 saturated carbocycles. The molecule has 3 N–H and O–H groups in total. The predicted octanol–water partition coefficient (Wildman–Crippen LogP) is 0.680. The molecule has 6 heteroatoms. The van der Waals surface area contributed by atoms with Gasteiger partial charge in [0.2, 0.25) is 0 Å².